The van der Waals surface area contributed by atoms with Crippen LogP contribution in [0.1, 0.15) is 37.8 Å². The van der Waals surface area contributed by atoms with Crippen molar-refractivity contribution in [2.75, 3.05) is 12.4 Å². The van der Waals surface area contributed by atoms with Crippen molar-refractivity contribution in [1.82, 2.24) is 14.3 Å². The molecule has 1 unspecified atom stereocenters. The lowest BCUT2D eigenvalue weighted by Gasteiger charge is -2.15. The Hall–Kier alpha value is -2.65. The van der Waals surface area contributed by atoms with Crippen LogP contribution in [0, 0.1) is 5.92 Å². The average molecular weight is 434 g/mol. The number of hydrogen-bond donors (Lipinski definition) is 2. The molecule has 162 valence electrons. The normalized spacial score (nSPS) is 15.4. The molecule has 0 spiro atoms. The second-order valence-electron chi connectivity index (χ2n) is 7.51. The van der Waals surface area contributed by atoms with Gasteiger partial charge in [0, 0.05) is 24.8 Å². The Labute approximate surface area is 175 Å². The van der Waals surface area contributed by atoms with E-state index in [-0.39, 0.29) is 18.3 Å². The highest BCUT2D eigenvalue weighted by Gasteiger charge is 2.22. The maximum absolute atomic E-state index is 12.4. The number of allylic oxidation sites excluding steroid dienone is 2. The van der Waals surface area contributed by atoms with Crippen LogP contribution in [-0.2, 0) is 16.6 Å². The Morgan fingerprint density at radius 3 is 2.80 bits per heavy atom. The van der Waals surface area contributed by atoms with E-state index in [2.05, 4.69) is 9.71 Å². The van der Waals surface area contributed by atoms with E-state index >= 15 is 0 Å². The number of nitrogens with one attached hydrogen (secondary N) is 2. The number of sulfonamides is 1. The molecule has 2 N–H and O–H groups in total. The summed E-state index contributed by atoms with van der Waals surface area (Å²) in [6.45, 7) is 2.77. The molecule has 1 aromatic carbocycles. The Balaban J connectivity index is 1.47. The second kappa shape index (κ2) is 9.90. The largest absolute Gasteiger partial charge is 0.493 e. The lowest BCUT2D eigenvalue weighted by atomic mass is 10.1. The standard InChI is InChI=1S/C21H27N3O5S/c1-16(18-6-5-7-19(14-18)29-15-17-8-9-17)23-30(27,28)13-4-2-3-11-24-12-10-20(25)22-21(24)26/h2-3,5-7,10,12,14,16-17,23H,4,8-9,11,13,15H2,1H3,(H,22,25,26)/b3-2+. The molecule has 0 saturated heterocycles. The van der Waals surface area contributed by atoms with Gasteiger partial charge in [-0.2, -0.15) is 0 Å². The van der Waals surface area contributed by atoms with Crippen LogP contribution in [0.3, 0.4) is 0 Å². The SMILES string of the molecule is CC(NS(=O)(=O)CC/C=C/Cn1ccc(=O)[nH]c1=O)c1cccc(OCC2CC2)c1. The van der Waals surface area contributed by atoms with Gasteiger partial charge in [-0.05, 0) is 49.8 Å². The first-order valence-corrected chi connectivity index (χ1v) is 11.7. The highest BCUT2D eigenvalue weighted by atomic mass is 32.2. The number of aromatic nitrogens is 2. The maximum Gasteiger partial charge on any atom is 0.328 e. The summed E-state index contributed by atoms with van der Waals surface area (Å²) < 4.78 is 34.5. The minimum atomic E-state index is -3.47. The molecule has 1 aliphatic rings. The quantitative estimate of drug-likeness (QED) is 0.526. The van der Waals surface area contributed by atoms with Crippen LogP contribution in [-0.4, -0.2) is 30.3 Å². The number of hydrogen-bond acceptors (Lipinski definition) is 5. The predicted octanol–water partition coefficient (Wildman–Crippen LogP) is 1.95. The molecule has 1 heterocycles. The summed E-state index contributed by atoms with van der Waals surface area (Å²) in [6, 6.07) is 8.38. The van der Waals surface area contributed by atoms with Gasteiger partial charge in [0.05, 0.1) is 12.4 Å². The van der Waals surface area contributed by atoms with Crippen molar-refractivity contribution < 1.29 is 13.2 Å². The number of benzene rings is 1. The average Bonchev–Trinajstić information content (AvgIpc) is 3.52. The van der Waals surface area contributed by atoms with Crippen LogP contribution in [0.2, 0.25) is 0 Å². The van der Waals surface area contributed by atoms with Gasteiger partial charge in [-0.15, -0.1) is 0 Å². The fraction of sp³-hybridized carbons (Fsp3) is 0.429. The Kier molecular flexibility index (Phi) is 7.28. The molecule has 0 radical (unpaired) electrons. The highest BCUT2D eigenvalue weighted by molar-refractivity contribution is 7.89. The van der Waals surface area contributed by atoms with E-state index in [0.717, 1.165) is 11.3 Å². The van der Waals surface area contributed by atoms with Crippen molar-refractivity contribution in [2.24, 2.45) is 5.92 Å². The Morgan fingerprint density at radius 2 is 2.07 bits per heavy atom. The summed E-state index contributed by atoms with van der Waals surface area (Å²) in [5, 5.41) is 0. The third-order valence-electron chi connectivity index (χ3n) is 4.82. The number of H-pyrrole nitrogens is 1. The Morgan fingerprint density at radius 1 is 1.27 bits per heavy atom. The van der Waals surface area contributed by atoms with Gasteiger partial charge in [0.2, 0.25) is 10.0 Å². The van der Waals surface area contributed by atoms with E-state index < -0.39 is 21.3 Å². The van der Waals surface area contributed by atoms with Crippen LogP contribution >= 0.6 is 0 Å². The van der Waals surface area contributed by atoms with Crippen LogP contribution in [0.25, 0.3) is 0 Å². The second-order valence-corrected chi connectivity index (χ2v) is 9.38. The van der Waals surface area contributed by atoms with Gasteiger partial charge in [0.25, 0.3) is 5.56 Å². The third kappa shape index (κ3) is 7.00. The molecule has 1 aromatic heterocycles. The fourth-order valence-electron chi connectivity index (χ4n) is 2.89. The number of aromatic amines is 1. The van der Waals surface area contributed by atoms with Gasteiger partial charge in [0.1, 0.15) is 5.75 Å². The smallest absolute Gasteiger partial charge is 0.328 e. The summed E-state index contributed by atoms with van der Waals surface area (Å²) in [6.07, 6.45) is 7.53. The van der Waals surface area contributed by atoms with Gasteiger partial charge in [0.15, 0.2) is 0 Å². The van der Waals surface area contributed by atoms with Crippen LogP contribution in [0.4, 0.5) is 0 Å². The van der Waals surface area contributed by atoms with Crippen molar-refractivity contribution in [3.8, 4) is 5.75 Å². The zero-order chi connectivity index (χ0) is 21.6. The van der Waals surface area contributed by atoms with E-state index in [0.29, 0.717) is 18.9 Å². The zero-order valence-corrected chi connectivity index (χ0v) is 17.7. The van der Waals surface area contributed by atoms with Gasteiger partial charge >= 0.3 is 5.69 Å². The van der Waals surface area contributed by atoms with Crippen molar-refractivity contribution in [1.29, 1.82) is 0 Å². The highest BCUT2D eigenvalue weighted by Crippen LogP contribution is 2.30. The van der Waals surface area contributed by atoms with E-state index in [9.17, 15) is 18.0 Å². The van der Waals surface area contributed by atoms with Gasteiger partial charge in [-0.25, -0.2) is 17.9 Å². The first-order valence-electron chi connectivity index (χ1n) is 10.00. The van der Waals surface area contributed by atoms with Gasteiger partial charge in [-0.1, -0.05) is 24.3 Å². The minimum Gasteiger partial charge on any atom is -0.493 e. The Bertz CT molecular complexity index is 1100. The molecule has 0 amide bonds. The fourth-order valence-corrected chi connectivity index (χ4v) is 4.12. The number of ether oxygens (including phenoxy) is 1. The van der Waals surface area contributed by atoms with Crippen LogP contribution in [0.5, 0.6) is 5.75 Å². The van der Waals surface area contributed by atoms with Crippen molar-refractivity contribution in [2.45, 2.75) is 38.8 Å². The van der Waals surface area contributed by atoms with E-state index in [1.807, 2.05) is 24.3 Å². The number of nitrogens with zero attached hydrogens (tertiary/aromatic N) is 1. The molecule has 1 fully saturated rings. The molecule has 9 heteroatoms. The molecule has 1 saturated carbocycles. The minimum absolute atomic E-state index is 0.0633. The predicted molar refractivity (Wildman–Crippen MR) is 115 cm³/mol. The summed E-state index contributed by atoms with van der Waals surface area (Å²) in [4.78, 5) is 24.8. The van der Waals surface area contributed by atoms with Crippen LogP contribution in [0.15, 0.2) is 58.3 Å². The first-order chi connectivity index (χ1) is 14.3. The molecular formula is C21H27N3O5S. The van der Waals surface area contributed by atoms with Gasteiger partial charge in [-0.3, -0.25) is 14.3 Å². The number of rotatable bonds is 11. The first kappa shape index (κ1) is 22.0. The molecule has 8 nitrogen and oxygen atoms in total. The molecule has 2 aromatic rings. The lowest BCUT2D eigenvalue weighted by Crippen LogP contribution is -2.29. The van der Waals surface area contributed by atoms with Crippen molar-refractivity contribution in [3.05, 3.63) is 75.1 Å². The molecule has 1 atom stereocenters. The topological polar surface area (TPSA) is 110 Å². The maximum atomic E-state index is 12.4. The summed E-state index contributed by atoms with van der Waals surface area (Å²) in [5.41, 5.74) is -0.106. The summed E-state index contributed by atoms with van der Waals surface area (Å²) in [7, 11) is -3.47. The van der Waals surface area contributed by atoms with E-state index in [1.165, 1.54) is 29.7 Å². The van der Waals surface area contributed by atoms with Crippen LogP contribution < -0.4 is 20.7 Å². The molecule has 0 bridgehead atoms. The molecular weight excluding hydrogens is 406 g/mol. The lowest BCUT2D eigenvalue weighted by molar-refractivity contribution is 0.299. The third-order valence-corrected chi connectivity index (χ3v) is 6.30. The molecule has 3 rings (SSSR count). The van der Waals surface area contributed by atoms with Crippen molar-refractivity contribution >= 4 is 10.0 Å². The van der Waals surface area contributed by atoms with E-state index in [1.54, 1.807) is 19.1 Å². The van der Waals surface area contributed by atoms with E-state index in [4.69, 9.17) is 4.74 Å². The summed E-state index contributed by atoms with van der Waals surface area (Å²) >= 11 is 0. The zero-order valence-electron chi connectivity index (χ0n) is 16.9. The molecule has 1 aliphatic carbocycles. The molecule has 30 heavy (non-hydrogen) atoms. The van der Waals surface area contributed by atoms with Crippen molar-refractivity contribution in [3.63, 3.8) is 0 Å². The van der Waals surface area contributed by atoms with Gasteiger partial charge < -0.3 is 4.74 Å². The monoisotopic (exact) mass is 433 g/mol. The molecule has 0 aliphatic heterocycles. The summed E-state index contributed by atoms with van der Waals surface area (Å²) in [5.74, 6) is 1.35.